The monoisotopic (exact) mass is 711 g/mol. The number of hydrogen-bond donors (Lipinski definition) is 0. The predicted octanol–water partition coefficient (Wildman–Crippen LogP) is 13.9. The fraction of sp³-hybridized carbons (Fsp3) is 0. The zero-order chi connectivity index (χ0) is 37.0. The molecule has 0 N–H and O–H groups in total. The average Bonchev–Trinajstić information content (AvgIpc) is 3.28. The fourth-order valence-electron chi connectivity index (χ4n) is 8.29. The Morgan fingerprint density at radius 1 is 0.304 bits per heavy atom. The third kappa shape index (κ3) is 5.49. The molecule has 0 saturated carbocycles. The van der Waals surface area contributed by atoms with E-state index in [1.165, 1.54) is 49.0 Å². The van der Waals surface area contributed by atoms with Gasteiger partial charge in [-0.25, -0.2) is 9.97 Å². The summed E-state index contributed by atoms with van der Waals surface area (Å²) in [6.45, 7) is 0. The molecule has 2 aromatic heterocycles. The molecular formula is C53H33N3. The molecule has 0 fully saturated rings. The zero-order valence-corrected chi connectivity index (χ0v) is 30.4. The van der Waals surface area contributed by atoms with Gasteiger partial charge in [0.05, 0.1) is 16.9 Å². The summed E-state index contributed by atoms with van der Waals surface area (Å²) < 4.78 is 0. The molecule has 3 nitrogen and oxygen atoms in total. The summed E-state index contributed by atoms with van der Waals surface area (Å²) in [6.07, 6.45) is 1.88. The van der Waals surface area contributed by atoms with Gasteiger partial charge in [0.15, 0.2) is 5.82 Å². The summed E-state index contributed by atoms with van der Waals surface area (Å²) >= 11 is 0. The van der Waals surface area contributed by atoms with Crippen molar-refractivity contribution in [3.8, 4) is 67.3 Å². The van der Waals surface area contributed by atoms with E-state index in [1.54, 1.807) is 0 Å². The number of benzene rings is 9. The second-order valence-electron chi connectivity index (χ2n) is 14.4. The summed E-state index contributed by atoms with van der Waals surface area (Å²) in [5, 5.41) is 8.98. The predicted molar refractivity (Wildman–Crippen MR) is 234 cm³/mol. The maximum absolute atomic E-state index is 5.08. The first-order chi connectivity index (χ1) is 27.7. The van der Waals surface area contributed by atoms with Crippen LogP contribution in [0.2, 0.25) is 0 Å². The lowest BCUT2D eigenvalue weighted by molar-refractivity contribution is 1.18. The van der Waals surface area contributed by atoms with Gasteiger partial charge in [0.25, 0.3) is 0 Å². The lowest BCUT2D eigenvalue weighted by Crippen LogP contribution is -1.96. The van der Waals surface area contributed by atoms with E-state index in [9.17, 15) is 0 Å². The molecule has 0 saturated heterocycles. The Bertz CT molecular complexity index is 3180. The van der Waals surface area contributed by atoms with Crippen LogP contribution in [-0.2, 0) is 0 Å². The van der Waals surface area contributed by atoms with Gasteiger partial charge in [-0.3, -0.25) is 4.98 Å². The fourth-order valence-corrected chi connectivity index (χ4v) is 8.29. The van der Waals surface area contributed by atoms with Crippen molar-refractivity contribution in [1.29, 1.82) is 0 Å². The van der Waals surface area contributed by atoms with Gasteiger partial charge in [0.1, 0.15) is 0 Å². The number of aromatic nitrogens is 3. The second kappa shape index (κ2) is 13.1. The Hall–Kier alpha value is -7.49. The smallest absolute Gasteiger partial charge is 0.160 e. The maximum Gasteiger partial charge on any atom is 0.160 e. The summed E-state index contributed by atoms with van der Waals surface area (Å²) in [6, 6.07) is 69.1. The van der Waals surface area contributed by atoms with E-state index in [4.69, 9.17) is 9.97 Å². The number of hydrogen-bond acceptors (Lipinski definition) is 3. The summed E-state index contributed by atoms with van der Waals surface area (Å²) in [4.78, 5) is 14.7. The van der Waals surface area contributed by atoms with Crippen molar-refractivity contribution < 1.29 is 0 Å². The van der Waals surface area contributed by atoms with Gasteiger partial charge in [-0.05, 0) is 83.9 Å². The minimum Gasteiger partial charge on any atom is -0.256 e. The molecule has 9 aromatic carbocycles. The van der Waals surface area contributed by atoms with Crippen molar-refractivity contribution in [2.24, 2.45) is 0 Å². The van der Waals surface area contributed by atoms with E-state index in [0.29, 0.717) is 5.82 Å². The van der Waals surface area contributed by atoms with Crippen LogP contribution in [-0.4, -0.2) is 15.0 Å². The van der Waals surface area contributed by atoms with E-state index in [-0.39, 0.29) is 0 Å². The molecule has 0 aliphatic heterocycles. The molecule has 0 bridgehead atoms. The molecule has 0 radical (unpaired) electrons. The minimum absolute atomic E-state index is 0.703. The van der Waals surface area contributed by atoms with Crippen LogP contribution in [0.3, 0.4) is 0 Å². The maximum atomic E-state index is 5.08. The molecule has 0 amide bonds. The van der Waals surface area contributed by atoms with Gasteiger partial charge in [-0.2, -0.15) is 0 Å². The third-order valence-corrected chi connectivity index (χ3v) is 11.1. The standard InChI is InChI=1S/C53H33N3/c1-2-7-43(8-3-1)53-55-49(33-50(56-53)39-23-19-37(20-24-39)45-31-32-54-48-12-5-4-11-46(45)48)38-21-15-35(16-22-38)34-13-17-36(18-14-34)44-29-27-42-26-25-40-9-6-10-41-28-30-47(44)52(42)51(40)41/h1-33H. The highest BCUT2D eigenvalue weighted by atomic mass is 14.9. The van der Waals surface area contributed by atoms with Crippen molar-refractivity contribution in [1.82, 2.24) is 15.0 Å². The number of rotatable bonds is 6. The molecule has 3 heteroatoms. The molecule has 0 atom stereocenters. The van der Waals surface area contributed by atoms with Gasteiger partial charge >= 0.3 is 0 Å². The SMILES string of the molecule is c1ccc(-c2nc(-c3ccc(-c4ccc(-c5ccc6ccc7cccc8ccc5c6c78)cc4)cc3)cc(-c3ccc(-c4ccnc5ccccc45)cc3)n2)cc1. The molecule has 56 heavy (non-hydrogen) atoms. The Morgan fingerprint density at radius 3 is 1.48 bits per heavy atom. The highest BCUT2D eigenvalue weighted by Gasteiger charge is 2.14. The number of pyridine rings is 1. The van der Waals surface area contributed by atoms with E-state index in [0.717, 1.165) is 55.7 Å². The van der Waals surface area contributed by atoms with Gasteiger partial charge < -0.3 is 0 Å². The molecule has 0 unspecified atom stereocenters. The van der Waals surface area contributed by atoms with Crippen LogP contribution in [0.25, 0.3) is 111 Å². The highest BCUT2D eigenvalue weighted by molar-refractivity contribution is 6.25. The quantitative estimate of drug-likeness (QED) is 0.161. The first-order valence-corrected chi connectivity index (χ1v) is 19.0. The summed E-state index contributed by atoms with van der Waals surface area (Å²) in [5.74, 6) is 0.703. The first-order valence-electron chi connectivity index (χ1n) is 19.0. The van der Waals surface area contributed by atoms with Crippen molar-refractivity contribution in [3.63, 3.8) is 0 Å². The molecule has 260 valence electrons. The van der Waals surface area contributed by atoms with Crippen LogP contribution in [0.5, 0.6) is 0 Å². The van der Waals surface area contributed by atoms with Gasteiger partial charge in [0, 0.05) is 28.3 Å². The first kappa shape index (κ1) is 32.0. The van der Waals surface area contributed by atoms with E-state index in [1.807, 2.05) is 30.5 Å². The van der Waals surface area contributed by atoms with Gasteiger partial charge in [-0.1, -0.05) is 176 Å². The molecular weight excluding hydrogens is 679 g/mol. The van der Waals surface area contributed by atoms with E-state index in [2.05, 4.69) is 175 Å². The molecule has 11 aromatic rings. The molecule has 0 aliphatic rings. The normalized spacial score (nSPS) is 11.6. The van der Waals surface area contributed by atoms with E-state index >= 15 is 0 Å². The molecule has 2 heterocycles. The minimum atomic E-state index is 0.703. The number of fused-ring (bicyclic) bond motifs is 1. The zero-order valence-electron chi connectivity index (χ0n) is 30.4. The van der Waals surface area contributed by atoms with E-state index < -0.39 is 0 Å². The lowest BCUT2D eigenvalue weighted by Gasteiger charge is -2.14. The van der Waals surface area contributed by atoms with Crippen LogP contribution < -0.4 is 0 Å². The van der Waals surface area contributed by atoms with Crippen LogP contribution in [0.1, 0.15) is 0 Å². The number of nitrogens with zero attached hydrogens (tertiary/aromatic N) is 3. The van der Waals surface area contributed by atoms with Crippen molar-refractivity contribution >= 4 is 43.2 Å². The van der Waals surface area contributed by atoms with Crippen molar-refractivity contribution in [2.75, 3.05) is 0 Å². The average molecular weight is 712 g/mol. The van der Waals surface area contributed by atoms with Crippen LogP contribution >= 0.6 is 0 Å². The summed E-state index contributed by atoms with van der Waals surface area (Å²) in [5.41, 5.74) is 12.9. The molecule has 0 aliphatic carbocycles. The molecule has 0 spiro atoms. The van der Waals surface area contributed by atoms with Crippen LogP contribution in [0.15, 0.2) is 200 Å². The Kier molecular flexibility index (Phi) is 7.49. The topological polar surface area (TPSA) is 38.7 Å². The summed E-state index contributed by atoms with van der Waals surface area (Å²) in [7, 11) is 0. The highest BCUT2D eigenvalue weighted by Crippen LogP contribution is 2.40. The van der Waals surface area contributed by atoms with Crippen molar-refractivity contribution in [2.45, 2.75) is 0 Å². The Balaban J connectivity index is 0.919. The molecule has 11 rings (SSSR count). The van der Waals surface area contributed by atoms with Crippen LogP contribution in [0.4, 0.5) is 0 Å². The lowest BCUT2D eigenvalue weighted by atomic mass is 9.89. The largest absolute Gasteiger partial charge is 0.256 e. The van der Waals surface area contributed by atoms with Crippen molar-refractivity contribution in [3.05, 3.63) is 200 Å². The Morgan fingerprint density at radius 2 is 0.821 bits per heavy atom. The van der Waals surface area contributed by atoms with Gasteiger partial charge in [-0.15, -0.1) is 0 Å². The second-order valence-corrected chi connectivity index (χ2v) is 14.4. The number of para-hydroxylation sites is 1. The Labute approximate surface area is 324 Å². The van der Waals surface area contributed by atoms with Crippen LogP contribution in [0, 0.1) is 0 Å². The van der Waals surface area contributed by atoms with Gasteiger partial charge in [0.2, 0.25) is 0 Å². The third-order valence-electron chi connectivity index (χ3n) is 11.1.